The van der Waals surface area contributed by atoms with Crippen LogP contribution < -0.4 is 10.6 Å². The van der Waals surface area contributed by atoms with Gasteiger partial charge in [-0.3, -0.25) is 0 Å². The molecule has 92 valence electrons. The van der Waals surface area contributed by atoms with Crippen LogP contribution in [0.15, 0.2) is 6.07 Å². The van der Waals surface area contributed by atoms with E-state index in [1.165, 1.54) is 0 Å². The predicted molar refractivity (Wildman–Crippen MR) is 68.7 cm³/mol. The van der Waals surface area contributed by atoms with Crippen LogP contribution in [0.3, 0.4) is 0 Å². The second-order valence-corrected chi connectivity index (χ2v) is 4.54. The van der Waals surface area contributed by atoms with E-state index in [1.54, 1.807) is 6.07 Å². The molecule has 2 N–H and O–H groups in total. The Morgan fingerprint density at radius 3 is 2.76 bits per heavy atom. The van der Waals surface area contributed by atoms with Crippen LogP contribution in [-0.4, -0.2) is 23.1 Å². The van der Waals surface area contributed by atoms with Gasteiger partial charge in [0.15, 0.2) is 0 Å². The van der Waals surface area contributed by atoms with Crippen LogP contribution in [0.2, 0.25) is 5.15 Å². The number of nitrogens with two attached hydrogens (primary N) is 1. The Hall–Kier alpha value is -1.54. The summed E-state index contributed by atoms with van der Waals surface area (Å²) in [6.45, 7) is 5.62. The zero-order valence-electron chi connectivity index (χ0n) is 10.0. The van der Waals surface area contributed by atoms with Crippen LogP contribution in [-0.2, 0) is 0 Å². The molecule has 0 fully saturated rings. The molecule has 5 nitrogen and oxygen atoms in total. The van der Waals surface area contributed by atoms with Gasteiger partial charge >= 0.3 is 0 Å². The number of hydrogen-bond acceptors (Lipinski definition) is 5. The van der Waals surface area contributed by atoms with Crippen LogP contribution in [0.25, 0.3) is 0 Å². The Labute approximate surface area is 106 Å². The van der Waals surface area contributed by atoms with Gasteiger partial charge in [-0.15, -0.1) is 0 Å². The molecule has 1 aromatic rings. The first-order chi connectivity index (χ1) is 8.02. The SMILES string of the molecule is CC(C)CN(CCC#N)c1cc(Cl)nc(N)n1. The molecule has 1 heterocycles. The first kappa shape index (κ1) is 13.5. The fraction of sp³-hybridized carbons (Fsp3) is 0.545. The summed E-state index contributed by atoms with van der Waals surface area (Å²) >= 11 is 5.84. The largest absolute Gasteiger partial charge is 0.368 e. The molecule has 6 heteroatoms. The Morgan fingerprint density at radius 2 is 2.24 bits per heavy atom. The summed E-state index contributed by atoms with van der Waals surface area (Å²) in [5, 5.41) is 8.96. The number of aromatic nitrogens is 2. The van der Waals surface area contributed by atoms with Crippen molar-refractivity contribution in [2.75, 3.05) is 23.7 Å². The normalized spacial score (nSPS) is 10.3. The minimum absolute atomic E-state index is 0.151. The first-order valence-electron chi connectivity index (χ1n) is 5.45. The summed E-state index contributed by atoms with van der Waals surface area (Å²) < 4.78 is 0. The molecule has 0 unspecified atom stereocenters. The van der Waals surface area contributed by atoms with E-state index in [0.717, 1.165) is 6.54 Å². The summed E-state index contributed by atoms with van der Waals surface area (Å²) in [5.74, 6) is 1.29. The second-order valence-electron chi connectivity index (χ2n) is 4.16. The molecule has 0 saturated carbocycles. The highest BCUT2D eigenvalue weighted by Crippen LogP contribution is 2.18. The molecule has 0 aliphatic rings. The molecule has 0 aliphatic carbocycles. The van der Waals surface area contributed by atoms with Gasteiger partial charge in [0, 0.05) is 19.2 Å². The molecule has 0 bridgehead atoms. The predicted octanol–water partition coefficient (Wildman–Crippen LogP) is 2.09. The maximum absolute atomic E-state index is 8.65. The number of nitriles is 1. The monoisotopic (exact) mass is 253 g/mol. The van der Waals surface area contributed by atoms with E-state index >= 15 is 0 Å². The molecule has 0 aromatic carbocycles. The van der Waals surface area contributed by atoms with Gasteiger partial charge in [0.05, 0.1) is 12.5 Å². The average Bonchev–Trinajstić information content (AvgIpc) is 2.22. The quantitative estimate of drug-likeness (QED) is 0.813. The third-order valence-electron chi connectivity index (χ3n) is 2.10. The van der Waals surface area contributed by atoms with E-state index in [9.17, 15) is 0 Å². The number of rotatable bonds is 5. The highest BCUT2D eigenvalue weighted by Gasteiger charge is 2.11. The van der Waals surface area contributed by atoms with Crippen LogP contribution in [0.4, 0.5) is 11.8 Å². The lowest BCUT2D eigenvalue weighted by molar-refractivity contribution is 0.607. The maximum Gasteiger partial charge on any atom is 0.223 e. The van der Waals surface area contributed by atoms with E-state index < -0.39 is 0 Å². The summed E-state index contributed by atoms with van der Waals surface area (Å²) in [5.41, 5.74) is 5.56. The molecule has 0 saturated heterocycles. The summed E-state index contributed by atoms with van der Waals surface area (Å²) in [6.07, 6.45) is 0.439. The van der Waals surface area contributed by atoms with Gasteiger partial charge in [0.2, 0.25) is 5.95 Å². The number of nitrogens with zero attached hydrogens (tertiary/aromatic N) is 4. The Morgan fingerprint density at radius 1 is 1.53 bits per heavy atom. The lowest BCUT2D eigenvalue weighted by Crippen LogP contribution is -2.29. The topological polar surface area (TPSA) is 78.8 Å². The molecular formula is C11H16ClN5. The van der Waals surface area contributed by atoms with Crippen LogP contribution in [0.1, 0.15) is 20.3 Å². The molecule has 1 rings (SSSR count). The second kappa shape index (κ2) is 6.26. The minimum Gasteiger partial charge on any atom is -0.368 e. The lowest BCUT2D eigenvalue weighted by atomic mass is 10.2. The molecular weight excluding hydrogens is 238 g/mol. The third kappa shape index (κ3) is 4.45. The maximum atomic E-state index is 8.65. The van der Waals surface area contributed by atoms with Gasteiger partial charge in [0.1, 0.15) is 11.0 Å². The molecule has 0 amide bonds. The van der Waals surface area contributed by atoms with E-state index in [-0.39, 0.29) is 5.95 Å². The third-order valence-corrected chi connectivity index (χ3v) is 2.30. The summed E-state index contributed by atoms with van der Waals surface area (Å²) in [6, 6.07) is 3.79. The molecule has 0 aliphatic heterocycles. The Bertz CT molecular complexity index is 393. The van der Waals surface area contributed by atoms with E-state index in [2.05, 4.69) is 29.9 Å². The lowest BCUT2D eigenvalue weighted by Gasteiger charge is -2.24. The van der Waals surface area contributed by atoms with Gasteiger partial charge in [0.25, 0.3) is 0 Å². The van der Waals surface area contributed by atoms with Crippen molar-refractivity contribution >= 4 is 23.4 Å². The standard InChI is InChI=1S/C11H16ClN5/c1-8(2)7-17(5-3-4-13)10-6-9(12)15-11(14)16-10/h6,8H,3,5,7H2,1-2H3,(H2,14,15,16). The highest BCUT2D eigenvalue weighted by molar-refractivity contribution is 6.29. The Kier molecular flexibility index (Phi) is 4.98. The van der Waals surface area contributed by atoms with E-state index in [1.807, 2.05) is 4.90 Å². The number of anilines is 2. The highest BCUT2D eigenvalue weighted by atomic mass is 35.5. The zero-order valence-corrected chi connectivity index (χ0v) is 10.8. The molecule has 1 aromatic heterocycles. The molecule has 0 radical (unpaired) electrons. The molecule has 17 heavy (non-hydrogen) atoms. The average molecular weight is 254 g/mol. The van der Waals surface area contributed by atoms with E-state index in [4.69, 9.17) is 22.6 Å². The number of nitrogen functional groups attached to an aromatic ring is 1. The minimum atomic E-state index is 0.151. The first-order valence-corrected chi connectivity index (χ1v) is 5.82. The van der Waals surface area contributed by atoms with Crippen LogP contribution >= 0.6 is 11.6 Å². The van der Waals surface area contributed by atoms with Gasteiger partial charge in [-0.2, -0.15) is 10.2 Å². The van der Waals surface area contributed by atoms with Gasteiger partial charge < -0.3 is 10.6 Å². The van der Waals surface area contributed by atoms with Gasteiger partial charge in [-0.25, -0.2) is 4.98 Å². The van der Waals surface area contributed by atoms with Crippen molar-refractivity contribution in [3.05, 3.63) is 11.2 Å². The van der Waals surface area contributed by atoms with Crippen molar-refractivity contribution < 1.29 is 0 Å². The van der Waals surface area contributed by atoms with Crippen molar-refractivity contribution in [3.8, 4) is 6.07 Å². The summed E-state index contributed by atoms with van der Waals surface area (Å²) in [7, 11) is 0. The van der Waals surface area contributed by atoms with Crippen molar-refractivity contribution in [2.45, 2.75) is 20.3 Å². The van der Waals surface area contributed by atoms with Crippen molar-refractivity contribution in [1.29, 1.82) is 5.26 Å². The number of hydrogen-bond donors (Lipinski definition) is 1. The van der Waals surface area contributed by atoms with Gasteiger partial charge in [-0.1, -0.05) is 25.4 Å². The number of halogens is 1. The summed E-state index contributed by atoms with van der Waals surface area (Å²) in [4.78, 5) is 9.95. The van der Waals surface area contributed by atoms with E-state index in [0.29, 0.717) is 29.9 Å². The molecule has 0 atom stereocenters. The van der Waals surface area contributed by atoms with Gasteiger partial charge in [-0.05, 0) is 5.92 Å². The van der Waals surface area contributed by atoms with Crippen molar-refractivity contribution in [1.82, 2.24) is 9.97 Å². The van der Waals surface area contributed by atoms with Crippen LogP contribution in [0.5, 0.6) is 0 Å². The zero-order chi connectivity index (χ0) is 12.8. The van der Waals surface area contributed by atoms with Crippen LogP contribution in [0, 0.1) is 17.2 Å². The Balaban J connectivity index is 2.91. The van der Waals surface area contributed by atoms with Crippen molar-refractivity contribution in [2.24, 2.45) is 5.92 Å². The fourth-order valence-corrected chi connectivity index (χ4v) is 1.69. The smallest absolute Gasteiger partial charge is 0.223 e. The molecule has 0 spiro atoms. The van der Waals surface area contributed by atoms with Crippen molar-refractivity contribution in [3.63, 3.8) is 0 Å². The fourth-order valence-electron chi connectivity index (χ4n) is 1.51.